The molecule has 3 aromatic rings. The largest absolute Gasteiger partial charge is 0.325 e. The number of ketones is 1. The number of rotatable bonds is 4. The number of hydrogen-bond acceptors (Lipinski definition) is 4. The minimum absolute atomic E-state index is 0.0945. The molecule has 7 heteroatoms. The number of carbonyl (C=O) groups is 2. The highest BCUT2D eigenvalue weighted by Gasteiger charge is 2.10. The van der Waals surface area contributed by atoms with Gasteiger partial charge in [0.05, 0.1) is 17.2 Å². The van der Waals surface area contributed by atoms with E-state index >= 15 is 0 Å². The molecule has 0 unspecified atom stereocenters. The maximum Gasteiger partial charge on any atom is 0.261 e. The first kappa shape index (κ1) is 16.9. The van der Waals surface area contributed by atoms with E-state index < -0.39 is 5.91 Å². The van der Waals surface area contributed by atoms with Crippen LogP contribution in [0.1, 0.15) is 17.3 Å². The van der Waals surface area contributed by atoms with Gasteiger partial charge in [-0.1, -0.05) is 23.7 Å². The van der Waals surface area contributed by atoms with E-state index in [0.29, 0.717) is 27.2 Å². The first-order chi connectivity index (χ1) is 11.9. The third kappa shape index (κ3) is 3.75. The minimum Gasteiger partial charge on any atom is -0.325 e. The van der Waals surface area contributed by atoms with Crippen molar-refractivity contribution in [1.82, 2.24) is 9.55 Å². The fraction of sp³-hybridized carbons (Fsp3) is 0.111. The molecule has 0 aliphatic rings. The van der Waals surface area contributed by atoms with Crippen molar-refractivity contribution >= 4 is 39.9 Å². The lowest BCUT2D eigenvalue weighted by Gasteiger charge is -2.09. The van der Waals surface area contributed by atoms with Crippen LogP contribution in [0.3, 0.4) is 0 Å². The number of fused-ring (bicyclic) bond motifs is 1. The molecule has 0 atom stereocenters. The molecule has 0 radical (unpaired) electrons. The second-order valence-electron chi connectivity index (χ2n) is 5.52. The Morgan fingerprint density at radius 3 is 2.76 bits per heavy atom. The van der Waals surface area contributed by atoms with Crippen molar-refractivity contribution in [2.75, 3.05) is 5.32 Å². The predicted octanol–water partition coefficient (Wildman–Crippen LogP) is 2.89. The Kier molecular flexibility index (Phi) is 4.63. The molecule has 2 aromatic carbocycles. The summed E-state index contributed by atoms with van der Waals surface area (Å²) < 4.78 is 1.21. The summed E-state index contributed by atoms with van der Waals surface area (Å²) in [5, 5.41) is 3.44. The van der Waals surface area contributed by atoms with Crippen LogP contribution >= 0.6 is 11.6 Å². The number of carbonyl (C=O) groups excluding carboxylic acids is 2. The van der Waals surface area contributed by atoms with E-state index in [1.807, 2.05) is 0 Å². The molecular formula is C18H14ClN3O3. The molecular weight excluding hydrogens is 342 g/mol. The molecule has 0 bridgehead atoms. The number of benzene rings is 2. The summed E-state index contributed by atoms with van der Waals surface area (Å²) in [6.45, 7) is 1.25. The summed E-state index contributed by atoms with van der Waals surface area (Å²) in [6.07, 6.45) is 1.32. The van der Waals surface area contributed by atoms with Gasteiger partial charge < -0.3 is 5.32 Å². The second kappa shape index (κ2) is 6.86. The van der Waals surface area contributed by atoms with Gasteiger partial charge in [0.1, 0.15) is 6.54 Å². The molecule has 1 aromatic heterocycles. The standard InChI is InChI=1S/C18H14ClN3O3/c1-11(23)12-3-2-4-14(7-12)21-17(24)9-22-10-20-16-6-5-13(19)8-15(16)18(22)25/h2-8,10H,9H2,1H3,(H,21,24). The van der Waals surface area contributed by atoms with Crippen LogP contribution in [0.15, 0.2) is 53.6 Å². The SMILES string of the molecule is CC(=O)c1cccc(NC(=O)Cn2cnc3ccc(Cl)cc3c2=O)c1. The van der Waals surface area contributed by atoms with Crippen LogP contribution in [-0.2, 0) is 11.3 Å². The summed E-state index contributed by atoms with van der Waals surface area (Å²) in [5.74, 6) is -0.492. The van der Waals surface area contributed by atoms with Crippen LogP contribution in [0.2, 0.25) is 5.02 Å². The zero-order valence-electron chi connectivity index (χ0n) is 13.3. The third-order valence-corrected chi connectivity index (χ3v) is 3.89. The first-order valence-corrected chi connectivity index (χ1v) is 7.87. The van der Waals surface area contributed by atoms with Gasteiger partial charge in [0.2, 0.25) is 5.91 Å². The number of aromatic nitrogens is 2. The van der Waals surface area contributed by atoms with Crippen LogP contribution in [0.4, 0.5) is 5.69 Å². The number of Topliss-reactive ketones (excluding diaryl/α,β-unsaturated/α-hetero) is 1. The molecule has 1 amide bonds. The zero-order chi connectivity index (χ0) is 18.0. The highest BCUT2D eigenvalue weighted by atomic mass is 35.5. The molecule has 0 spiro atoms. The predicted molar refractivity (Wildman–Crippen MR) is 96.1 cm³/mol. The topological polar surface area (TPSA) is 81.1 Å². The smallest absolute Gasteiger partial charge is 0.261 e. The molecule has 0 aliphatic heterocycles. The van der Waals surface area contributed by atoms with Gasteiger partial charge in [0, 0.05) is 16.3 Å². The van der Waals surface area contributed by atoms with Crippen LogP contribution in [0.5, 0.6) is 0 Å². The third-order valence-electron chi connectivity index (χ3n) is 3.65. The quantitative estimate of drug-likeness (QED) is 0.730. The molecule has 1 N–H and O–H groups in total. The van der Waals surface area contributed by atoms with E-state index in [4.69, 9.17) is 11.6 Å². The van der Waals surface area contributed by atoms with Crippen LogP contribution in [0.25, 0.3) is 10.9 Å². The lowest BCUT2D eigenvalue weighted by atomic mass is 10.1. The van der Waals surface area contributed by atoms with Gasteiger partial charge >= 0.3 is 0 Å². The Balaban J connectivity index is 1.83. The molecule has 0 aliphatic carbocycles. The summed E-state index contributed by atoms with van der Waals surface area (Å²) in [6, 6.07) is 11.4. The van der Waals surface area contributed by atoms with Gasteiger partial charge in [-0.15, -0.1) is 0 Å². The van der Waals surface area contributed by atoms with Gasteiger partial charge in [0.25, 0.3) is 5.56 Å². The normalized spacial score (nSPS) is 10.6. The summed E-state index contributed by atoms with van der Waals surface area (Å²) in [4.78, 5) is 40.2. The molecule has 0 saturated heterocycles. The van der Waals surface area contributed by atoms with E-state index in [1.165, 1.54) is 23.9 Å². The second-order valence-corrected chi connectivity index (χ2v) is 5.96. The number of hydrogen-bond donors (Lipinski definition) is 1. The Morgan fingerprint density at radius 1 is 1.20 bits per heavy atom. The lowest BCUT2D eigenvalue weighted by molar-refractivity contribution is -0.116. The Labute approximate surface area is 148 Å². The molecule has 0 saturated carbocycles. The Bertz CT molecular complexity index is 1040. The number of nitrogens with one attached hydrogen (secondary N) is 1. The molecule has 6 nitrogen and oxygen atoms in total. The Hall–Kier alpha value is -2.99. The number of nitrogens with zero attached hydrogens (tertiary/aromatic N) is 2. The van der Waals surface area contributed by atoms with Gasteiger partial charge in [-0.2, -0.15) is 0 Å². The van der Waals surface area contributed by atoms with Crippen molar-refractivity contribution in [2.45, 2.75) is 13.5 Å². The summed E-state index contributed by atoms with van der Waals surface area (Å²) in [7, 11) is 0. The van der Waals surface area contributed by atoms with Crippen molar-refractivity contribution in [2.24, 2.45) is 0 Å². The van der Waals surface area contributed by atoms with Crippen LogP contribution in [-0.4, -0.2) is 21.2 Å². The highest BCUT2D eigenvalue weighted by molar-refractivity contribution is 6.31. The maximum atomic E-state index is 12.5. The fourth-order valence-corrected chi connectivity index (χ4v) is 2.59. The van der Waals surface area contributed by atoms with E-state index in [0.717, 1.165) is 0 Å². The van der Waals surface area contributed by atoms with Gasteiger partial charge in [-0.05, 0) is 37.3 Å². The average Bonchev–Trinajstić information content (AvgIpc) is 2.58. The van der Waals surface area contributed by atoms with Gasteiger partial charge in [-0.25, -0.2) is 4.98 Å². The maximum absolute atomic E-state index is 12.5. The van der Waals surface area contributed by atoms with Crippen molar-refractivity contribution < 1.29 is 9.59 Å². The molecule has 1 heterocycles. The number of halogens is 1. The fourth-order valence-electron chi connectivity index (χ4n) is 2.41. The van der Waals surface area contributed by atoms with E-state index in [2.05, 4.69) is 10.3 Å². The van der Waals surface area contributed by atoms with Crippen molar-refractivity contribution in [3.8, 4) is 0 Å². The summed E-state index contributed by atoms with van der Waals surface area (Å²) >= 11 is 5.91. The van der Waals surface area contributed by atoms with E-state index in [9.17, 15) is 14.4 Å². The molecule has 0 fully saturated rings. The van der Waals surface area contributed by atoms with Gasteiger partial charge in [-0.3, -0.25) is 19.0 Å². The highest BCUT2D eigenvalue weighted by Crippen LogP contribution is 2.14. The molecule has 25 heavy (non-hydrogen) atoms. The lowest BCUT2D eigenvalue weighted by Crippen LogP contribution is -2.28. The van der Waals surface area contributed by atoms with Crippen molar-refractivity contribution in [3.63, 3.8) is 0 Å². The monoisotopic (exact) mass is 355 g/mol. The van der Waals surface area contributed by atoms with E-state index in [-0.39, 0.29) is 17.9 Å². The molecule has 126 valence electrons. The average molecular weight is 356 g/mol. The van der Waals surface area contributed by atoms with E-state index in [1.54, 1.807) is 36.4 Å². The van der Waals surface area contributed by atoms with Crippen LogP contribution in [0, 0.1) is 0 Å². The zero-order valence-corrected chi connectivity index (χ0v) is 14.1. The number of anilines is 1. The van der Waals surface area contributed by atoms with Crippen molar-refractivity contribution in [1.29, 1.82) is 0 Å². The Morgan fingerprint density at radius 2 is 2.00 bits per heavy atom. The first-order valence-electron chi connectivity index (χ1n) is 7.49. The number of amides is 1. The van der Waals surface area contributed by atoms with Crippen molar-refractivity contribution in [3.05, 3.63) is 69.7 Å². The molecule has 3 rings (SSSR count). The van der Waals surface area contributed by atoms with Gasteiger partial charge in [0.15, 0.2) is 5.78 Å². The summed E-state index contributed by atoms with van der Waals surface area (Å²) in [5.41, 5.74) is 1.15. The van der Waals surface area contributed by atoms with Crippen LogP contribution < -0.4 is 10.9 Å². The minimum atomic E-state index is -0.397.